The van der Waals surface area contributed by atoms with Crippen molar-refractivity contribution in [3.8, 4) is 0 Å². The predicted molar refractivity (Wildman–Crippen MR) is 83.5 cm³/mol. The van der Waals surface area contributed by atoms with E-state index in [0.29, 0.717) is 5.56 Å². The second-order valence-electron chi connectivity index (χ2n) is 6.52. The quantitative estimate of drug-likeness (QED) is 0.789. The third kappa shape index (κ3) is 5.86. The van der Waals surface area contributed by atoms with Crippen LogP contribution in [0.15, 0.2) is 24.3 Å². The third-order valence-corrected chi connectivity index (χ3v) is 3.93. The van der Waals surface area contributed by atoms with E-state index in [1.807, 2.05) is 0 Å². The van der Waals surface area contributed by atoms with Crippen LogP contribution in [0.3, 0.4) is 0 Å². The normalized spacial score (nSPS) is 13.4. The SMILES string of the molecule is CC(CC(=O)NCCC(C)(C)C(=O)O)c1cccc(C(F)(F)F)c1. The number of halogens is 3. The Labute approximate surface area is 139 Å². The van der Waals surface area contributed by atoms with Gasteiger partial charge in [-0.05, 0) is 37.8 Å². The first kappa shape index (κ1) is 20.0. The van der Waals surface area contributed by atoms with Crippen LogP contribution in [0.2, 0.25) is 0 Å². The number of carboxylic acids is 1. The summed E-state index contributed by atoms with van der Waals surface area (Å²) < 4.78 is 38.1. The van der Waals surface area contributed by atoms with E-state index in [9.17, 15) is 22.8 Å². The van der Waals surface area contributed by atoms with Gasteiger partial charge in [-0.25, -0.2) is 0 Å². The molecule has 1 rings (SSSR count). The Hall–Kier alpha value is -2.05. The van der Waals surface area contributed by atoms with Gasteiger partial charge in [0, 0.05) is 13.0 Å². The largest absolute Gasteiger partial charge is 0.481 e. The first-order chi connectivity index (χ1) is 10.9. The summed E-state index contributed by atoms with van der Waals surface area (Å²) in [6, 6.07) is 4.92. The van der Waals surface area contributed by atoms with Crippen LogP contribution in [0.4, 0.5) is 13.2 Å². The Morgan fingerprint density at radius 1 is 1.25 bits per heavy atom. The van der Waals surface area contributed by atoms with Crippen molar-refractivity contribution in [3.63, 3.8) is 0 Å². The number of hydrogen-bond acceptors (Lipinski definition) is 2. The highest BCUT2D eigenvalue weighted by atomic mass is 19.4. The van der Waals surface area contributed by atoms with Crippen LogP contribution in [0, 0.1) is 5.41 Å². The molecule has 0 aliphatic rings. The Balaban J connectivity index is 2.57. The van der Waals surface area contributed by atoms with Gasteiger partial charge in [-0.15, -0.1) is 0 Å². The van der Waals surface area contributed by atoms with Gasteiger partial charge >= 0.3 is 12.1 Å². The Bertz CT molecular complexity index is 597. The number of rotatable bonds is 7. The van der Waals surface area contributed by atoms with Gasteiger partial charge in [0.25, 0.3) is 0 Å². The molecule has 0 bridgehead atoms. The van der Waals surface area contributed by atoms with E-state index in [2.05, 4.69) is 5.32 Å². The highest BCUT2D eigenvalue weighted by molar-refractivity contribution is 5.77. The molecular formula is C17H22F3NO3. The number of carbonyl (C=O) groups is 2. The first-order valence-corrected chi connectivity index (χ1v) is 7.61. The molecule has 0 aromatic heterocycles. The summed E-state index contributed by atoms with van der Waals surface area (Å²) in [5, 5.41) is 11.6. The maximum atomic E-state index is 12.7. The lowest BCUT2D eigenvalue weighted by molar-refractivity contribution is -0.147. The Kier molecular flexibility index (Phi) is 6.40. The number of carbonyl (C=O) groups excluding carboxylic acids is 1. The third-order valence-electron chi connectivity index (χ3n) is 3.93. The van der Waals surface area contributed by atoms with Gasteiger partial charge in [-0.3, -0.25) is 9.59 Å². The number of nitrogens with one attached hydrogen (secondary N) is 1. The molecule has 4 nitrogen and oxygen atoms in total. The van der Waals surface area contributed by atoms with Gasteiger partial charge < -0.3 is 10.4 Å². The monoisotopic (exact) mass is 345 g/mol. The first-order valence-electron chi connectivity index (χ1n) is 7.61. The van der Waals surface area contributed by atoms with Crippen LogP contribution in [0.5, 0.6) is 0 Å². The minimum atomic E-state index is -4.42. The number of carboxylic acid groups (broad SMARTS) is 1. The Morgan fingerprint density at radius 3 is 2.42 bits per heavy atom. The van der Waals surface area contributed by atoms with Crippen LogP contribution in [-0.4, -0.2) is 23.5 Å². The average molecular weight is 345 g/mol. The molecule has 0 fully saturated rings. The molecule has 134 valence electrons. The van der Waals surface area contributed by atoms with Gasteiger partial charge in [0.05, 0.1) is 11.0 Å². The van der Waals surface area contributed by atoms with Crippen molar-refractivity contribution >= 4 is 11.9 Å². The molecule has 0 radical (unpaired) electrons. The molecule has 0 spiro atoms. The molecule has 1 aromatic carbocycles. The fourth-order valence-corrected chi connectivity index (χ4v) is 2.11. The van der Waals surface area contributed by atoms with Crippen molar-refractivity contribution in [1.82, 2.24) is 5.32 Å². The second-order valence-corrected chi connectivity index (χ2v) is 6.52. The molecule has 7 heteroatoms. The summed E-state index contributed by atoms with van der Waals surface area (Å²) in [5.74, 6) is -1.64. The smallest absolute Gasteiger partial charge is 0.416 e. The lowest BCUT2D eigenvalue weighted by atomic mass is 9.89. The molecule has 1 atom stereocenters. The lowest BCUT2D eigenvalue weighted by Crippen LogP contribution is -2.32. The van der Waals surface area contributed by atoms with E-state index in [-0.39, 0.29) is 31.2 Å². The summed E-state index contributed by atoms with van der Waals surface area (Å²) in [4.78, 5) is 22.9. The van der Waals surface area contributed by atoms with E-state index < -0.39 is 23.1 Å². The van der Waals surface area contributed by atoms with Crippen molar-refractivity contribution in [2.45, 2.75) is 45.7 Å². The molecule has 0 saturated carbocycles. The van der Waals surface area contributed by atoms with E-state index >= 15 is 0 Å². The van der Waals surface area contributed by atoms with E-state index in [0.717, 1.165) is 12.1 Å². The van der Waals surface area contributed by atoms with Crippen LogP contribution in [0.25, 0.3) is 0 Å². The van der Waals surface area contributed by atoms with Crippen LogP contribution in [-0.2, 0) is 15.8 Å². The van der Waals surface area contributed by atoms with Crippen LogP contribution < -0.4 is 5.32 Å². The molecule has 2 N–H and O–H groups in total. The summed E-state index contributed by atoms with van der Waals surface area (Å²) in [6.07, 6.45) is -4.11. The highest BCUT2D eigenvalue weighted by Gasteiger charge is 2.31. The summed E-state index contributed by atoms with van der Waals surface area (Å²) in [7, 11) is 0. The number of aliphatic carboxylic acids is 1. The highest BCUT2D eigenvalue weighted by Crippen LogP contribution is 2.31. The van der Waals surface area contributed by atoms with E-state index in [1.54, 1.807) is 26.8 Å². The summed E-state index contributed by atoms with van der Waals surface area (Å²) in [5.41, 5.74) is -1.25. The molecule has 1 amide bonds. The van der Waals surface area contributed by atoms with E-state index in [4.69, 9.17) is 5.11 Å². The average Bonchev–Trinajstić information content (AvgIpc) is 2.46. The minimum absolute atomic E-state index is 0.0365. The Morgan fingerprint density at radius 2 is 1.88 bits per heavy atom. The fraction of sp³-hybridized carbons (Fsp3) is 0.529. The number of benzene rings is 1. The van der Waals surface area contributed by atoms with Crippen molar-refractivity contribution in [1.29, 1.82) is 0 Å². The van der Waals surface area contributed by atoms with Crippen molar-refractivity contribution in [2.24, 2.45) is 5.41 Å². The van der Waals surface area contributed by atoms with Gasteiger partial charge in [-0.2, -0.15) is 13.2 Å². The van der Waals surface area contributed by atoms with Crippen LogP contribution in [0.1, 0.15) is 50.7 Å². The summed E-state index contributed by atoms with van der Waals surface area (Å²) >= 11 is 0. The number of amides is 1. The van der Waals surface area contributed by atoms with Crippen molar-refractivity contribution in [2.75, 3.05) is 6.54 Å². The van der Waals surface area contributed by atoms with E-state index in [1.165, 1.54) is 6.07 Å². The van der Waals surface area contributed by atoms with Gasteiger partial charge in [0.2, 0.25) is 5.91 Å². The molecule has 1 unspecified atom stereocenters. The van der Waals surface area contributed by atoms with Gasteiger partial charge in [0.15, 0.2) is 0 Å². The van der Waals surface area contributed by atoms with Gasteiger partial charge in [-0.1, -0.05) is 25.1 Å². The van der Waals surface area contributed by atoms with Crippen molar-refractivity contribution < 1.29 is 27.9 Å². The maximum Gasteiger partial charge on any atom is 0.416 e. The second kappa shape index (κ2) is 7.68. The topological polar surface area (TPSA) is 66.4 Å². The fourth-order valence-electron chi connectivity index (χ4n) is 2.11. The maximum absolute atomic E-state index is 12.7. The predicted octanol–water partition coefficient (Wildman–Crippen LogP) is 3.82. The minimum Gasteiger partial charge on any atom is -0.481 e. The molecular weight excluding hydrogens is 323 g/mol. The molecule has 0 saturated heterocycles. The molecule has 1 aromatic rings. The molecule has 24 heavy (non-hydrogen) atoms. The zero-order valence-electron chi connectivity index (χ0n) is 13.9. The lowest BCUT2D eigenvalue weighted by Gasteiger charge is -2.19. The van der Waals surface area contributed by atoms with Crippen LogP contribution >= 0.6 is 0 Å². The zero-order valence-corrected chi connectivity index (χ0v) is 13.9. The zero-order chi connectivity index (χ0) is 18.5. The molecule has 0 aliphatic heterocycles. The standard InChI is InChI=1S/C17H22F3NO3/c1-11(12-5-4-6-13(10-12)17(18,19)20)9-14(22)21-8-7-16(2,3)15(23)24/h4-6,10-11H,7-9H2,1-3H3,(H,21,22)(H,23,24). The van der Waals surface area contributed by atoms with Gasteiger partial charge in [0.1, 0.15) is 0 Å². The van der Waals surface area contributed by atoms with Crippen molar-refractivity contribution in [3.05, 3.63) is 35.4 Å². The molecule has 0 heterocycles. The number of hydrogen-bond donors (Lipinski definition) is 2. The number of alkyl halides is 3. The molecule has 0 aliphatic carbocycles. The summed E-state index contributed by atoms with van der Waals surface area (Å²) in [6.45, 7) is 5.00.